The first-order valence-corrected chi connectivity index (χ1v) is 9.15. The van der Waals surface area contributed by atoms with E-state index in [1.54, 1.807) is 7.05 Å². The Hall–Kier alpha value is -4.33. The number of benzene rings is 1. The van der Waals surface area contributed by atoms with Crippen LogP contribution in [0, 0.1) is 16.7 Å². The summed E-state index contributed by atoms with van der Waals surface area (Å²) in [5.74, 6) is -1.50. The maximum Gasteiger partial charge on any atom is 0.280 e. The molecular formula is C21H19F2N5O4. The van der Waals surface area contributed by atoms with Gasteiger partial charge in [0.2, 0.25) is 0 Å². The fourth-order valence-corrected chi connectivity index (χ4v) is 2.30. The van der Waals surface area contributed by atoms with Gasteiger partial charge in [-0.3, -0.25) is 15.0 Å². The van der Waals surface area contributed by atoms with Gasteiger partial charge in [-0.25, -0.2) is 13.8 Å². The summed E-state index contributed by atoms with van der Waals surface area (Å²) in [5, 5.41) is 21.4. The van der Waals surface area contributed by atoms with Crippen LogP contribution in [0.15, 0.2) is 48.8 Å². The molecule has 2 aromatic rings. The Labute approximate surface area is 182 Å². The van der Waals surface area contributed by atoms with Crippen molar-refractivity contribution in [1.29, 1.82) is 10.7 Å². The van der Waals surface area contributed by atoms with Crippen molar-refractivity contribution in [2.75, 3.05) is 20.4 Å². The molecule has 32 heavy (non-hydrogen) atoms. The molecule has 0 atom stereocenters. The van der Waals surface area contributed by atoms with Crippen LogP contribution < -0.4 is 20.1 Å². The van der Waals surface area contributed by atoms with Gasteiger partial charge in [0, 0.05) is 18.7 Å². The summed E-state index contributed by atoms with van der Waals surface area (Å²) in [6, 6.07) is 8.01. The van der Waals surface area contributed by atoms with Crippen molar-refractivity contribution < 1.29 is 27.8 Å². The Morgan fingerprint density at radius 1 is 1.22 bits per heavy atom. The Morgan fingerprint density at radius 3 is 2.53 bits per heavy atom. The van der Waals surface area contributed by atoms with E-state index in [0.29, 0.717) is 0 Å². The second kappa shape index (κ2) is 11.8. The van der Waals surface area contributed by atoms with E-state index in [1.165, 1.54) is 54.9 Å². The van der Waals surface area contributed by atoms with Crippen molar-refractivity contribution in [1.82, 2.24) is 15.6 Å². The second-order valence-electron chi connectivity index (χ2n) is 6.15. The predicted octanol–water partition coefficient (Wildman–Crippen LogP) is 2.71. The minimum atomic E-state index is -1.36. The average molecular weight is 443 g/mol. The second-order valence-corrected chi connectivity index (χ2v) is 6.15. The van der Waals surface area contributed by atoms with E-state index in [2.05, 4.69) is 15.6 Å². The van der Waals surface area contributed by atoms with Gasteiger partial charge in [0.05, 0.1) is 6.20 Å². The molecular weight excluding hydrogens is 424 g/mol. The number of alkyl halides is 2. The molecule has 0 saturated carbocycles. The minimum Gasteiger partial charge on any atom is -0.485 e. The number of hydrogen-bond acceptors (Lipinski definition) is 8. The predicted molar refractivity (Wildman–Crippen MR) is 110 cm³/mol. The zero-order valence-corrected chi connectivity index (χ0v) is 16.9. The number of amidine groups is 1. The summed E-state index contributed by atoms with van der Waals surface area (Å²) >= 11 is 0. The van der Waals surface area contributed by atoms with Gasteiger partial charge in [-0.05, 0) is 36.5 Å². The zero-order chi connectivity index (χ0) is 23.5. The molecule has 1 aromatic heterocycles. The van der Waals surface area contributed by atoms with Crippen molar-refractivity contribution in [2.45, 2.75) is 6.10 Å². The summed E-state index contributed by atoms with van der Waals surface area (Å²) in [7, 11) is 1.62. The molecule has 0 aliphatic rings. The Balaban J connectivity index is 2.32. The number of nitrogens with zero attached hydrogens (tertiary/aromatic N) is 2. The largest absolute Gasteiger partial charge is 0.485 e. The van der Waals surface area contributed by atoms with Crippen LogP contribution in [-0.4, -0.2) is 49.0 Å². The van der Waals surface area contributed by atoms with Gasteiger partial charge in [-0.2, -0.15) is 5.26 Å². The van der Waals surface area contributed by atoms with Crippen LogP contribution in [0.3, 0.4) is 0 Å². The normalized spacial score (nSPS) is 10.5. The van der Waals surface area contributed by atoms with Crippen LogP contribution in [0.1, 0.15) is 20.8 Å². The molecule has 0 unspecified atom stereocenters. The number of amides is 1. The lowest BCUT2D eigenvalue weighted by atomic mass is 10.1. The number of ketones is 1. The van der Waals surface area contributed by atoms with Crippen LogP contribution in [0.4, 0.5) is 8.78 Å². The molecule has 3 N–H and O–H groups in total. The third-order valence-electron chi connectivity index (χ3n) is 3.76. The highest BCUT2D eigenvalue weighted by Crippen LogP contribution is 2.28. The number of halogens is 2. The number of pyridine rings is 1. The van der Waals surface area contributed by atoms with Gasteiger partial charge < -0.3 is 20.1 Å². The number of aromatic nitrogens is 1. The topological polar surface area (TPSA) is 137 Å². The fraction of sp³-hybridized carbons (Fsp3) is 0.190. The highest BCUT2D eigenvalue weighted by molar-refractivity contribution is 6.09. The van der Waals surface area contributed by atoms with Crippen molar-refractivity contribution in [3.63, 3.8) is 0 Å². The van der Waals surface area contributed by atoms with Crippen molar-refractivity contribution in [3.8, 4) is 23.3 Å². The number of hydrogen-bond donors (Lipinski definition) is 3. The molecule has 11 heteroatoms. The summed E-state index contributed by atoms with van der Waals surface area (Å²) in [5.41, 5.74) is -0.0697. The number of ether oxygens (including phenoxy) is 2. The quantitative estimate of drug-likeness (QED) is 0.222. The summed E-state index contributed by atoms with van der Waals surface area (Å²) in [6.07, 6.45) is 2.59. The third-order valence-corrected chi connectivity index (χ3v) is 3.76. The lowest BCUT2D eigenvalue weighted by Gasteiger charge is -2.15. The molecule has 166 valence electrons. The number of carbonyl (C=O) groups is 2. The van der Waals surface area contributed by atoms with E-state index < -0.39 is 31.1 Å². The summed E-state index contributed by atoms with van der Waals surface area (Å²) in [4.78, 5) is 27.7. The van der Waals surface area contributed by atoms with Crippen LogP contribution >= 0.6 is 0 Å². The molecule has 0 saturated heterocycles. The number of Topliss-reactive ketones (excluding diaryl/α,β-unsaturated/α-hetero) is 1. The molecule has 2 rings (SSSR count). The van der Waals surface area contributed by atoms with E-state index in [9.17, 15) is 18.4 Å². The zero-order valence-electron chi connectivity index (χ0n) is 16.9. The maximum absolute atomic E-state index is 12.9. The van der Waals surface area contributed by atoms with Crippen LogP contribution in [0.5, 0.6) is 17.2 Å². The van der Waals surface area contributed by atoms with Crippen molar-refractivity contribution in [3.05, 3.63) is 60.1 Å². The first kappa shape index (κ1) is 23.9. The average Bonchev–Trinajstić information content (AvgIpc) is 2.80. The van der Waals surface area contributed by atoms with Gasteiger partial charge in [-0.15, -0.1) is 0 Å². The molecule has 1 heterocycles. The highest BCUT2D eigenvalue weighted by Gasteiger charge is 2.16. The van der Waals surface area contributed by atoms with Gasteiger partial charge >= 0.3 is 0 Å². The van der Waals surface area contributed by atoms with Crippen LogP contribution in [0.25, 0.3) is 0 Å². The Bertz CT molecular complexity index is 1050. The molecule has 0 radical (unpaired) electrons. The van der Waals surface area contributed by atoms with Crippen LogP contribution in [-0.2, 0) is 0 Å². The first-order valence-electron chi connectivity index (χ1n) is 9.15. The number of carbonyl (C=O) groups excluding carboxylic acids is 2. The number of nitriles is 1. The van der Waals surface area contributed by atoms with Crippen molar-refractivity contribution >= 4 is 17.5 Å². The Kier molecular flexibility index (Phi) is 8.79. The molecule has 0 aliphatic heterocycles. The first-order chi connectivity index (χ1) is 15.4. The SMILES string of the molecule is CN/C=C\C(=N)NC(=O)c1cc(Oc2ccc(C(=O)C#N)nc2)cc(OC(CF)CF)c1. The maximum atomic E-state index is 12.9. The smallest absolute Gasteiger partial charge is 0.280 e. The molecule has 0 aliphatic carbocycles. The van der Waals surface area contributed by atoms with Gasteiger partial charge in [-0.1, -0.05) is 0 Å². The van der Waals surface area contributed by atoms with Crippen molar-refractivity contribution in [2.24, 2.45) is 0 Å². The highest BCUT2D eigenvalue weighted by atomic mass is 19.1. The van der Waals surface area contributed by atoms with E-state index >= 15 is 0 Å². The summed E-state index contributed by atoms with van der Waals surface area (Å²) < 4.78 is 36.6. The van der Waals surface area contributed by atoms with E-state index in [0.717, 1.165) is 0 Å². The fourth-order valence-electron chi connectivity index (χ4n) is 2.30. The standard InChI is InChI=1S/C21H19F2N5O4/c1-26-5-4-20(25)28-21(30)13-6-15(8-16(7-13)32-17(9-22)10-23)31-14-2-3-18(27-12-14)19(29)11-24/h2-8,12,17,26H,9-10H2,1H3,(H2,25,28,30)/b5-4-. The van der Waals surface area contributed by atoms with E-state index in [1.807, 2.05) is 0 Å². The lowest BCUT2D eigenvalue weighted by Crippen LogP contribution is -2.28. The lowest BCUT2D eigenvalue weighted by molar-refractivity contribution is 0.0974. The molecule has 0 bridgehead atoms. The van der Waals surface area contributed by atoms with Gasteiger partial charge in [0.25, 0.3) is 11.7 Å². The summed E-state index contributed by atoms with van der Waals surface area (Å²) in [6.45, 7) is -2.16. The van der Waals surface area contributed by atoms with Crippen LogP contribution in [0.2, 0.25) is 0 Å². The van der Waals surface area contributed by atoms with E-state index in [4.69, 9.17) is 20.1 Å². The molecule has 0 fully saturated rings. The van der Waals surface area contributed by atoms with Gasteiger partial charge in [0.1, 0.15) is 48.2 Å². The minimum absolute atomic E-state index is 0.000751. The Morgan fingerprint density at radius 2 is 1.94 bits per heavy atom. The van der Waals surface area contributed by atoms with Gasteiger partial charge in [0.15, 0.2) is 6.10 Å². The molecule has 1 amide bonds. The number of rotatable bonds is 10. The number of nitrogens with one attached hydrogen (secondary N) is 3. The third kappa shape index (κ3) is 6.88. The monoisotopic (exact) mass is 443 g/mol. The molecule has 9 nitrogen and oxygen atoms in total. The molecule has 0 spiro atoms. The molecule has 1 aromatic carbocycles. The van der Waals surface area contributed by atoms with E-state index in [-0.39, 0.29) is 34.3 Å².